The fourth-order valence-corrected chi connectivity index (χ4v) is 3.65. The average molecular weight is 366 g/mol. The third-order valence-electron chi connectivity index (χ3n) is 4.52. The van der Waals surface area contributed by atoms with Crippen molar-refractivity contribution >= 4 is 17.5 Å². The number of carbonyl (C=O) groups excluding carboxylic acids is 1. The van der Waals surface area contributed by atoms with Crippen molar-refractivity contribution in [2.75, 3.05) is 12.4 Å². The lowest BCUT2D eigenvalue weighted by Gasteiger charge is -2.07. The van der Waals surface area contributed by atoms with Crippen LogP contribution in [0.3, 0.4) is 0 Å². The Kier molecular flexibility index (Phi) is 4.46. The van der Waals surface area contributed by atoms with E-state index in [1.807, 2.05) is 36.4 Å². The maximum Gasteiger partial charge on any atom is 0.214 e. The normalized spacial score (nSPS) is 12.7. The van der Waals surface area contributed by atoms with Gasteiger partial charge in [-0.1, -0.05) is 17.8 Å². The van der Waals surface area contributed by atoms with Crippen LogP contribution in [0.4, 0.5) is 0 Å². The van der Waals surface area contributed by atoms with Gasteiger partial charge in [0.15, 0.2) is 5.78 Å². The average Bonchev–Trinajstić information content (AvgIpc) is 3.30. The van der Waals surface area contributed by atoms with Gasteiger partial charge in [0.2, 0.25) is 5.16 Å². The van der Waals surface area contributed by atoms with Crippen LogP contribution >= 0.6 is 11.8 Å². The van der Waals surface area contributed by atoms with Crippen LogP contribution in [0, 0.1) is 13.8 Å². The fraction of sp³-hybridized carbons (Fsp3) is 0.263. The lowest BCUT2D eigenvalue weighted by molar-refractivity contribution is 0.102. The summed E-state index contributed by atoms with van der Waals surface area (Å²) in [6.45, 7) is 4.80. The van der Waals surface area contributed by atoms with Gasteiger partial charge in [0.05, 0.1) is 18.0 Å². The van der Waals surface area contributed by atoms with Gasteiger partial charge in [-0.15, -0.1) is 5.10 Å². The van der Waals surface area contributed by atoms with E-state index in [0.717, 1.165) is 23.4 Å². The first kappa shape index (κ1) is 16.8. The summed E-state index contributed by atoms with van der Waals surface area (Å²) < 4.78 is 7.16. The van der Waals surface area contributed by atoms with Crippen molar-refractivity contribution in [2.45, 2.75) is 25.4 Å². The Morgan fingerprint density at radius 1 is 1.19 bits per heavy atom. The van der Waals surface area contributed by atoms with Gasteiger partial charge in [-0.2, -0.15) is 4.68 Å². The number of ether oxygens (including phenoxy) is 1. The Hall–Kier alpha value is -2.67. The molecule has 2 aromatic carbocycles. The smallest absolute Gasteiger partial charge is 0.214 e. The molecule has 0 amide bonds. The Bertz CT molecular complexity index is 983. The number of fused-ring (bicyclic) bond motifs is 1. The van der Waals surface area contributed by atoms with E-state index in [1.54, 1.807) is 4.68 Å². The largest absolute Gasteiger partial charge is 0.493 e. The molecule has 2 heterocycles. The van der Waals surface area contributed by atoms with E-state index in [9.17, 15) is 4.79 Å². The molecule has 26 heavy (non-hydrogen) atoms. The number of hydrogen-bond donors (Lipinski definition) is 0. The lowest BCUT2D eigenvalue weighted by Crippen LogP contribution is -2.05. The highest BCUT2D eigenvalue weighted by atomic mass is 32.2. The number of carbonyl (C=O) groups is 1. The minimum atomic E-state index is 0.0549. The number of aromatic nitrogens is 4. The summed E-state index contributed by atoms with van der Waals surface area (Å²) in [6, 6.07) is 11.7. The van der Waals surface area contributed by atoms with E-state index in [4.69, 9.17) is 4.74 Å². The van der Waals surface area contributed by atoms with E-state index < -0.39 is 0 Å². The second-order valence-corrected chi connectivity index (χ2v) is 7.22. The van der Waals surface area contributed by atoms with Crippen molar-refractivity contribution in [3.8, 4) is 11.4 Å². The van der Waals surface area contributed by atoms with Crippen LogP contribution in [-0.4, -0.2) is 38.4 Å². The third kappa shape index (κ3) is 3.22. The zero-order valence-electron chi connectivity index (χ0n) is 14.6. The molecule has 0 aliphatic carbocycles. The minimum Gasteiger partial charge on any atom is -0.493 e. The number of thioether (sulfide) groups is 1. The van der Waals surface area contributed by atoms with Crippen LogP contribution in [0.1, 0.15) is 27.0 Å². The van der Waals surface area contributed by atoms with Crippen LogP contribution in [0.5, 0.6) is 5.75 Å². The number of benzene rings is 2. The number of Topliss-reactive ketones (excluding diaryl/α,β-unsaturated/α-hetero) is 1. The topological polar surface area (TPSA) is 69.9 Å². The molecule has 1 aliphatic heterocycles. The molecule has 0 saturated carbocycles. The quantitative estimate of drug-likeness (QED) is 0.510. The Morgan fingerprint density at radius 2 is 2.08 bits per heavy atom. The summed E-state index contributed by atoms with van der Waals surface area (Å²) in [7, 11) is 0. The molecule has 0 atom stereocenters. The van der Waals surface area contributed by atoms with Crippen molar-refractivity contribution in [2.24, 2.45) is 0 Å². The molecular formula is C19H18N4O2S. The molecule has 1 aromatic heterocycles. The zero-order valence-corrected chi connectivity index (χ0v) is 15.4. The summed E-state index contributed by atoms with van der Waals surface area (Å²) in [5, 5.41) is 12.5. The SMILES string of the molecule is Cc1ccc(-n2nnnc2SCC(=O)c2ccc3c(c2)CCO3)cc1C. The Morgan fingerprint density at radius 3 is 2.92 bits per heavy atom. The van der Waals surface area contributed by atoms with E-state index >= 15 is 0 Å². The van der Waals surface area contributed by atoms with Gasteiger partial charge in [-0.3, -0.25) is 4.79 Å². The molecule has 4 rings (SSSR count). The molecule has 3 aromatic rings. The first-order valence-electron chi connectivity index (χ1n) is 8.39. The number of rotatable bonds is 5. The van der Waals surface area contributed by atoms with Crippen LogP contribution in [-0.2, 0) is 6.42 Å². The first-order valence-corrected chi connectivity index (χ1v) is 9.38. The van der Waals surface area contributed by atoms with Gasteiger partial charge in [-0.25, -0.2) is 0 Å². The molecule has 0 unspecified atom stereocenters. The number of hydrogen-bond acceptors (Lipinski definition) is 6. The molecule has 0 saturated heterocycles. The zero-order chi connectivity index (χ0) is 18.1. The summed E-state index contributed by atoms with van der Waals surface area (Å²) >= 11 is 1.34. The van der Waals surface area contributed by atoms with Gasteiger partial charge in [0, 0.05) is 12.0 Å². The molecule has 0 N–H and O–H groups in total. The van der Waals surface area contributed by atoms with Crippen LogP contribution < -0.4 is 4.74 Å². The molecule has 1 aliphatic rings. The molecule has 0 spiro atoms. The van der Waals surface area contributed by atoms with Gasteiger partial charge in [0.1, 0.15) is 5.75 Å². The van der Waals surface area contributed by atoms with Crippen LogP contribution in [0.25, 0.3) is 5.69 Å². The first-order chi connectivity index (χ1) is 12.6. The second-order valence-electron chi connectivity index (χ2n) is 6.27. The number of ketones is 1. The number of tetrazole rings is 1. The number of aryl methyl sites for hydroxylation is 2. The molecule has 0 fully saturated rings. The monoisotopic (exact) mass is 366 g/mol. The van der Waals surface area contributed by atoms with Crippen molar-refractivity contribution in [1.29, 1.82) is 0 Å². The van der Waals surface area contributed by atoms with Crippen molar-refractivity contribution in [3.63, 3.8) is 0 Å². The van der Waals surface area contributed by atoms with Gasteiger partial charge < -0.3 is 4.74 Å². The lowest BCUT2D eigenvalue weighted by atomic mass is 10.1. The summed E-state index contributed by atoms with van der Waals surface area (Å²) in [4.78, 5) is 12.5. The van der Waals surface area contributed by atoms with Gasteiger partial charge >= 0.3 is 0 Å². The highest BCUT2D eigenvalue weighted by molar-refractivity contribution is 7.99. The maximum absolute atomic E-state index is 12.5. The van der Waals surface area contributed by atoms with Crippen molar-refractivity contribution in [3.05, 3.63) is 58.7 Å². The highest BCUT2D eigenvalue weighted by Gasteiger charge is 2.17. The molecule has 7 heteroatoms. The van der Waals surface area contributed by atoms with Crippen LogP contribution in [0.2, 0.25) is 0 Å². The van der Waals surface area contributed by atoms with Gasteiger partial charge in [-0.05, 0) is 71.3 Å². The summed E-state index contributed by atoms with van der Waals surface area (Å²) in [5.41, 5.74) is 5.08. The summed E-state index contributed by atoms with van der Waals surface area (Å²) in [6.07, 6.45) is 0.856. The molecule has 132 valence electrons. The Labute approximate surface area is 155 Å². The Balaban J connectivity index is 1.49. The molecule has 0 bridgehead atoms. The predicted octanol–water partition coefficient (Wildman–Crippen LogP) is 3.19. The second kappa shape index (κ2) is 6.92. The number of nitrogens with zero attached hydrogens (tertiary/aromatic N) is 4. The molecule has 0 radical (unpaired) electrons. The van der Waals surface area contributed by atoms with E-state index in [2.05, 4.69) is 29.4 Å². The van der Waals surface area contributed by atoms with Crippen LogP contribution in [0.15, 0.2) is 41.6 Å². The van der Waals surface area contributed by atoms with E-state index in [0.29, 0.717) is 17.3 Å². The fourth-order valence-electron chi connectivity index (χ4n) is 2.86. The predicted molar refractivity (Wildman–Crippen MR) is 99.3 cm³/mol. The molecular weight excluding hydrogens is 348 g/mol. The van der Waals surface area contributed by atoms with Crippen molar-refractivity contribution < 1.29 is 9.53 Å². The third-order valence-corrected chi connectivity index (χ3v) is 5.44. The minimum absolute atomic E-state index is 0.0549. The molecule has 6 nitrogen and oxygen atoms in total. The van der Waals surface area contributed by atoms with Crippen molar-refractivity contribution in [1.82, 2.24) is 20.2 Å². The van der Waals surface area contributed by atoms with E-state index in [1.165, 1.54) is 22.9 Å². The van der Waals surface area contributed by atoms with E-state index in [-0.39, 0.29) is 11.5 Å². The standard InChI is InChI=1S/C19H18N4O2S/c1-12-3-5-16(9-13(12)2)23-19(20-21-22-23)26-11-17(24)14-4-6-18-15(10-14)7-8-25-18/h3-6,9-10H,7-8,11H2,1-2H3. The highest BCUT2D eigenvalue weighted by Crippen LogP contribution is 2.27. The maximum atomic E-state index is 12.5. The van der Waals surface area contributed by atoms with Gasteiger partial charge in [0.25, 0.3) is 0 Å². The summed E-state index contributed by atoms with van der Waals surface area (Å²) in [5.74, 6) is 1.22.